The van der Waals surface area contributed by atoms with E-state index in [1.54, 1.807) is 0 Å². The van der Waals surface area contributed by atoms with Gasteiger partial charge in [-0.25, -0.2) is 0 Å². The van der Waals surface area contributed by atoms with Crippen molar-refractivity contribution in [3.8, 4) is 5.88 Å². The highest BCUT2D eigenvalue weighted by Crippen LogP contribution is 2.04. The minimum atomic E-state index is -0.319. The third kappa shape index (κ3) is 2.49. The summed E-state index contributed by atoms with van der Waals surface area (Å²) in [7, 11) is 0. The van der Waals surface area contributed by atoms with Gasteiger partial charge in [0.25, 0.3) is 5.56 Å². The Morgan fingerprint density at radius 3 is 2.69 bits per heavy atom. The van der Waals surface area contributed by atoms with Crippen LogP contribution in [0.25, 0.3) is 0 Å². The third-order valence-electron chi connectivity index (χ3n) is 2.65. The van der Waals surface area contributed by atoms with Crippen LogP contribution in [0.1, 0.15) is 5.56 Å². The van der Waals surface area contributed by atoms with Crippen LogP contribution >= 0.6 is 12.2 Å². The standard InChI is InChI=1S/C9H13N3O3S/c13-7-6(8(14)11-9(16)10-7)5-12-1-3-15-4-2-12/h1-5H2,(H3,10,11,13,14,16)/p+1. The molecule has 0 amide bonds. The highest BCUT2D eigenvalue weighted by Gasteiger charge is 2.18. The summed E-state index contributed by atoms with van der Waals surface area (Å²) < 4.78 is 5.37. The Morgan fingerprint density at radius 1 is 1.38 bits per heavy atom. The largest absolute Gasteiger partial charge is 0.494 e. The smallest absolute Gasteiger partial charge is 0.264 e. The van der Waals surface area contributed by atoms with E-state index < -0.39 is 0 Å². The number of aromatic nitrogens is 2. The van der Waals surface area contributed by atoms with Gasteiger partial charge >= 0.3 is 0 Å². The van der Waals surface area contributed by atoms with Crippen LogP contribution < -0.4 is 10.5 Å². The number of hydrogen-bond donors (Lipinski definition) is 4. The predicted octanol–water partition coefficient (Wildman–Crippen LogP) is -1.45. The van der Waals surface area contributed by atoms with Crippen LogP contribution in [0.4, 0.5) is 0 Å². The number of morpholine rings is 1. The topological polar surface area (TPSA) is 82.5 Å². The number of aromatic amines is 2. The molecule has 4 N–H and O–H groups in total. The van der Waals surface area contributed by atoms with Gasteiger partial charge in [-0.15, -0.1) is 0 Å². The molecule has 0 atom stereocenters. The van der Waals surface area contributed by atoms with Crippen LogP contribution in [0, 0.1) is 4.77 Å². The van der Waals surface area contributed by atoms with Crippen molar-refractivity contribution in [1.82, 2.24) is 9.97 Å². The van der Waals surface area contributed by atoms with Crippen LogP contribution in [0.3, 0.4) is 0 Å². The average molecular weight is 244 g/mol. The molecule has 0 unspecified atom stereocenters. The summed E-state index contributed by atoms with van der Waals surface area (Å²) in [6.07, 6.45) is 0. The molecule has 1 aliphatic heterocycles. The van der Waals surface area contributed by atoms with Crippen LogP contribution in [-0.4, -0.2) is 41.4 Å². The van der Waals surface area contributed by atoms with Gasteiger partial charge in [-0.3, -0.25) is 9.78 Å². The van der Waals surface area contributed by atoms with Gasteiger partial charge in [0, 0.05) is 0 Å². The van der Waals surface area contributed by atoms with Crippen molar-refractivity contribution in [1.29, 1.82) is 0 Å². The monoisotopic (exact) mass is 244 g/mol. The van der Waals surface area contributed by atoms with Crippen LogP contribution in [0.2, 0.25) is 0 Å². The van der Waals surface area contributed by atoms with Crippen molar-refractivity contribution in [3.63, 3.8) is 0 Å². The summed E-state index contributed by atoms with van der Waals surface area (Å²) >= 11 is 4.75. The number of rotatable bonds is 2. The molecular formula is C9H14N3O3S+. The Balaban J connectivity index is 2.20. The quantitative estimate of drug-likeness (QED) is 0.480. The van der Waals surface area contributed by atoms with Crippen molar-refractivity contribution < 1.29 is 14.7 Å². The second-order valence-corrected chi connectivity index (χ2v) is 4.18. The van der Waals surface area contributed by atoms with Gasteiger partial charge in [0.05, 0.1) is 13.2 Å². The van der Waals surface area contributed by atoms with E-state index in [0.717, 1.165) is 13.1 Å². The molecule has 88 valence electrons. The fraction of sp³-hybridized carbons (Fsp3) is 0.556. The molecule has 16 heavy (non-hydrogen) atoms. The van der Waals surface area contributed by atoms with E-state index >= 15 is 0 Å². The third-order valence-corrected chi connectivity index (χ3v) is 2.85. The lowest BCUT2D eigenvalue weighted by Crippen LogP contribution is -3.13. The first kappa shape index (κ1) is 11.3. The van der Waals surface area contributed by atoms with Gasteiger partial charge in [0.15, 0.2) is 4.77 Å². The van der Waals surface area contributed by atoms with Gasteiger partial charge in [0.1, 0.15) is 25.2 Å². The first-order valence-corrected chi connectivity index (χ1v) is 5.53. The number of ether oxygens (including phenoxy) is 1. The van der Waals surface area contributed by atoms with Crippen molar-refractivity contribution in [2.24, 2.45) is 0 Å². The lowest BCUT2D eigenvalue weighted by atomic mass is 10.2. The zero-order valence-corrected chi connectivity index (χ0v) is 9.52. The fourth-order valence-electron chi connectivity index (χ4n) is 1.75. The number of quaternary nitrogens is 1. The molecule has 1 fully saturated rings. The molecule has 1 aliphatic rings. The van der Waals surface area contributed by atoms with Crippen molar-refractivity contribution in [2.45, 2.75) is 6.54 Å². The summed E-state index contributed by atoms with van der Waals surface area (Å²) in [5, 5.41) is 9.62. The van der Waals surface area contributed by atoms with E-state index in [1.807, 2.05) is 0 Å². The van der Waals surface area contributed by atoms with E-state index in [4.69, 9.17) is 17.0 Å². The Kier molecular flexibility index (Phi) is 3.37. The molecule has 6 nitrogen and oxygen atoms in total. The minimum absolute atomic E-state index is 0.132. The highest BCUT2D eigenvalue weighted by molar-refractivity contribution is 7.71. The molecule has 1 aromatic heterocycles. The molecule has 1 aromatic rings. The average Bonchev–Trinajstić information content (AvgIpc) is 2.25. The zero-order chi connectivity index (χ0) is 11.5. The SMILES string of the molecule is O=c1[nH]c(=S)[nH]c(O)c1C[NH+]1CCOCC1. The van der Waals surface area contributed by atoms with E-state index in [0.29, 0.717) is 25.3 Å². The van der Waals surface area contributed by atoms with Gasteiger partial charge in [0.2, 0.25) is 5.88 Å². The lowest BCUT2D eigenvalue weighted by molar-refractivity contribution is -0.921. The van der Waals surface area contributed by atoms with Gasteiger partial charge < -0.3 is 19.7 Å². The Morgan fingerprint density at radius 2 is 2.06 bits per heavy atom. The summed E-state index contributed by atoms with van der Waals surface area (Å²) in [5.74, 6) is -0.132. The van der Waals surface area contributed by atoms with Gasteiger partial charge in [-0.05, 0) is 12.2 Å². The van der Waals surface area contributed by atoms with Crippen molar-refractivity contribution in [2.75, 3.05) is 26.3 Å². The number of aromatic hydroxyl groups is 1. The molecule has 0 spiro atoms. The Bertz CT molecular complexity index is 476. The van der Waals surface area contributed by atoms with Crippen LogP contribution in [0.5, 0.6) is 5.88 Å². The molecule has 0 aliphatic carbocycles. The summed E-state index contributed by atoms with van der Waals surface area (Å²) in [4.78, 5) is 17.8. The van der Waals surface area contributed by atoms with Crippen molar-refractivity contribution in [3.05, 3.63) is 20.7 Å². The van der Waals surface area contributed by atoms with E-state index in [1.165, 1.54) is 4.90 Å². The molecule has 0 radical (unpaired) electrons. The molecule has 7 heteroatoms. The normalized spacial score (nSPS) is 17.5. The van der Waals surface area contributed by atoms with Gasteiger partial charge in [-0.2, -0.15) is 0 Å². The maximum absolute atomic E-state index is 11.6. The van der Waals surface area contributed by atoms with Crippen molar-refractivity contribution >= 4 is 12.2 Å². The predicted molar refractivity (Wildman–Crippen MR) is 59.1 cm³/mol. The van der Waals surface area contributed by atoms with Crippen LogP contribution in [-0.2, 0) is 11.3 Å². The highest BCUT2D eigenvalue weighted by atomic mass is 32.1. The molecular weight excluding hydrogens is 230 g/mol. The fourth-order valence-corrected chi connectivity index (χ4v) is 1.94. The maximum atomic E-state index is 11.6. The zero-order valence-electron chi connectivity index (χ0n) is 8.71. The number of hydrogen-bond acceptors (Lipinski definition) is 4. The number of nitrogens with one attached hydrogen (secondary N) is 3. The maximum Gasteiger partial charge on any atom is 0.264 e. The van der Waals surface area contributed by atoms with Crippen LogP contribution in [0.15, 0.2) is 4.79 Å². The Labute approximate surface area is 96.9 Å². The molecule has 2 heterocycles. The first-order chi connectivity index (χ1) is 7.66. The first-order valence-electron chi connectivity index (χ1n) is 5.12. The lowest BCUT2D eigenvalue weighted by Gasteiger charge is -2.23. The molecule has 0 aromatic carbocycles. The second-order valence-electron chi connectivity index (χ2n) is 3.77. The summed E-state index contributed by atoms with van der Waals surface area (Å²) in [5.41, 5.74) is 0.0331. The second kappa shape index (κ2) is 4.77. The summed E-state index contributed by atoms with van der Waals surface area (Å²) in [6.45, 7) is 3.55. The Hall–Kier alpha value is -1.18. The minimum Gasteiger partial charge on any atom is -0.494 e. The van der Waals surface area contributed by atoms with E-state index in [2.05, 4.69) is 9.97 Å². The van der Waals surface area contributed by atoms with E-state index in [9.17, 15) is 9.90 Å². The van der Waals surface area contributed by atoms with Gasteiger partial charge in [-0.1, -0.05) is 0 Å². The molecule has 2 rings (SSSR count). The number of H-pyrrole nitrogens is 2. The molecule has 0 saturated carbocycles. The summed E-state index contributed by atoms with van der Waals surface area (Å²) in [6, 6.07) is 0. The molecule has 1 saturated heterocycles. The molecule has 0 bridgehead atoms. The van der Waals surface area contributed by atoms with E-state index in [-0.39, 0.29) is 16.2 Å².